The lowest BCUT2D eigenvalue weighted by molar-refractivity contribution is 0.552. The summed E-state index contributed by atoms with van der Waals surface area (Å²) in [6.45, 7) is 2.00. The van der Waals surface area contributed by atoms with Crippen LogP contribution in [0.5, 0.6) is 0 Å². The molecule has 0 aliphatic rings. The van der Waals surface area contributed by atoms with Crippen LogP contribution in [-0.2, 0) is 6.42 Å². The van der Waals surface area contributed by atoms with Gasteiger partial charge in [0.1, 0.15) is 0 Å². The zero-order chi connectivity index (χ0) is 12.3. The lowest BCUT2D eigenvalue weighted by Crippen LogP contribution is -2.29. The maximum absolute atomic E-state index is 6.02. The van der Waals surface area contributed by atoms with Crippen molar-refractivity contribution >= 4 is 22.9 Å². The number of rotatable bonds is 4. The highest BCUT2D eigenvalue weighted by Gasteiger charge is 2.11. The van der Waals surface area contributed by atoms with Crippen LogP contribution in [0, 0.1) is 6.92 Å². The molecule has 0 spiro atoms. The van der Waals surface area contributed by atoms with Gasteiger partial charge in [-0.15, -0.1) is 0 Å². The van der Waals surface area contributed by atoms with Crippen LogP contribution in [0.15, 0.2) is 35.0 Å². The normalized spacial score (nSPS) is 12.6. The first-order valence-electron chi connectivity index (χ1n) is 5.44. The molecule has 90 valence electrons. The SMILES string of the molecule is Cc1cc(C(Cc2ccsc2)NN)ccc1Cl. The van der Waals surface area contributed by atoms with Crippen molar-refractivity contribution in [2.45, 2.75) is 19.4 Å². The molecular formula is C13H15ClN2S. The molecule has 0 aliphatic heterocycles. The molecule has 4 heteroatoms. The summed E-state index contributed by atoms with van der Waals surface area (Å²) in [6.07, 6.45) is 0.890. The summed E-state index contributed by atoms with van der Waals surface area (Å²) in [7, 11) is 0. The van der Waals surface area contributed by atoms with Gasteiger partial charge >= 0.3 is 0 Å². The minimum atomic E-state index is 0.126. The predicted molar refractivity (Wildman–Crippen MR) is 74.3 cm³/mol. The van der Waals surface area contributed by atoms with Crippen molar-refractivity contribution in [3.8, 4) is 0 Å². The molecule has 0 fully saturated rings. The van der Waals surface area contributed by atoms with Crippen LogP contribution in [-0.4, -0.2) is 0 Å². The molecule has 1 aromatic heterocycles. The van der Waals surface area contributed by atoms with Gasteiger partial charge < -0.3 is 0 Å². The van der Waals surface area contributed by atoms with E-state index in [9.17, 15) is 0 Å². The summed E-state index contributed by atoms with van der Waals surface area (Å²) in [6, 6.07) is 8.27. The molecule has 3 N–H and O–H groups in total. The van der Waals surface area contributed by atoms with Crippen LogP contribution in [0.4, 0.5) is 0 Å². The van der Waals surface area contributed by atoms with Crippen LogP contribution in [0.2, 0.25) is 5.02 Å². The molecule has 0 saturated heterocycles. The zero-order valence-corrected chi connectivity index (χ0v) is 11.2. The molecule has 0 radical (unpaired) electrons. The summed E-state index contributed by atoms with van der Waals surface area (Å²) in [4.78, 5) is 0. The van der Waals surface area contributed by atoms with E-state index in [0.717, 1.165) is 17.0 Å². The van der Waals surface area contributed by atoms with E-state index < -0.39 is 0 Å². The second kappa shape index (κ2) is 5.65. The van der Waals surface area contributed by atoms with Crippen LogP contribution in [0.1, 0.15) is 22.7 Å². The van der Waals surface area contributed by atoms with E-state index in [0.29, 0.717) is 0 Å². The Balaban J connectivity index is 2.20. The molecule has 17 heavy (non-hydrogen) atoms. The molecule has 2 aromatic rings. The zero-order valence-electron chi connectivity index (χ0n) is 9.61. The average molecular weight is 267 g/mol. The molecule has 0 saturated carbocycles. The largest absolute Gasteiger partial charge is 0.271 e. The molecule has 1 heterocycles. The Morgan fingerprint density at radius 3 is 2.82 bits per heavy atom. The topological polar surface area (TPSA) is 38.0 Å². The molecule has 1 unspecified atom stereocenters. The molecule has 1 atom stereocenters. The smallest absolute Gasteiger partial charge is 0.0500 e. The molecule has 0 bridgehead atoms. The van der Waals surface area contributed by atoms with Crippen molar-refractivity contribution in [1.29, 1.82) is 0 Å². The van der Waals surface area contributed by atoms with Gasteiger partial charge in [-0.1, -0.05) is 23.7 Å². The highest BCUT2D eigenvalue weighted by atomic mass is 35.5. The number of benzene rings is 1. The van der Waals surface area contributed by atoms with Gasteiger partial charge in [0.15, 0.2) is 0 Å². The number of nitrogens with one attached hydrogen (secondary N) is 1. The second-order valence-corrected chi connectivity index (χ2v) is 5.25. The number of thiophene rings is 1. The number of aryl methyl sites for hydroxylation is 1. The Hall–Kier alpha value is -0.870. The van der Waals surface area contributed by atoms with Crippen molar-refractivity contribution in [2.24, 2.45) is 5.84 Å². The van der Waals surface area contributed by atoms with Gasteiger partial charge in [0.05, 0.1) is 6.04 Å². The van der Waals surface area contributed by atoms with E-state index in [1.54, 1.807) is 11.3 Å². The van der Waals surface area contributed by atoms with Gasteiger partial charge in [-0.3, -0.25) is 11.3 Å². The quantitative estimate of drug-likeness (QED) is 0.657. The van der Waals surface area contributed by atoms with Gasteiger partial charge in [-0.05, 0) is 52.9 Å². The standard InChI is InChI=1S/C13H15ClN2S/c1-9-6-11(2-3-12(9)14)13(16-15)7-10-4-5-17-8-10/h2-6,8,13,16H,7,15H2,1H3. The highest BCUT2D eigenvalue weighted by molar-refractivity contribution is 7.07. The van der Waals surface area contributed by atoms with E-state index in [1.807, 2.05) is 19.1 Å². The third-order valence-electron chi connectivity index (χ3n) is 2.81. The summed E-state index contributed by atoms with van der Waals surface area (Å²) >= 11 is 7.72. The van der Waals surface area contributed by atoms with E-state index >= 15 is 0 Å². The number of hydrogen-bond donors (Lipinski definition) is 2. The van der Waals surface area contributed by atoms with Crippen LogP contribution >= 0.6 is 22.9 Å². The van der Waals surface area contributed by atoms with Crippen LogP contribution in [0.3, 0.4) is 0 Å². The van der Waals surface area contributed by atoms with Gasteiger partial charge in [0.2, 0.25) is 0 Å². The summed E-state index contributed by atoms with van der Waals surface area (Å²) < 4.78 is 0. The number of hydrazine groups is 1. The third kappa shape index (κ3) is 3.07. The summed E-state index contributed by atoms with van der Waals surface area (Å²) in [5, 5.41) is 5.02. The molecule has 0 aliphatic carbocycles. The fourth-order valence-corrected chi connectivity index (χ4v) is 2.60. The van der Waals surface area contributed by atoms with Crippen molar-refractivity contribution < 1.29 is 0 Å². The Labute approximate surface area is 110 Å². The minimum absolute atomic E-state index is 0.126. The monoisotopic (exact) mass is 266 g/mol. The van der Waals surface area contributed by atoms with Gasteiger partial charge in [-0.25, -0.2) is 0 Å². The van der Waals surface area contributed by atoms with E-state index in [-0.39, 0.29) is 6.04 Å². The van der Waals surface area contributed by atoms with Gasteiger partial charge in [0, 0.05) is 5.02 Å². The first-order chi connectivity index (χ1) is 8.20. The molecule has 2 rings (SSSR count). The molecular weight excluding hydrogens is 252 g/mol. The van der Waals surface area contributed by atoms with E-state index in [4.69, 9.17) is 17.4 Å². The minimum Gasteiger partial charge on any atom is -0.271 e. The Morgan fingerprint density at radius 2 is 2.24 bits per heavy atom. The second-order valence-electron chi connectivity index (χ2n) is 4.06. The predicted octanol–water partition coefficient (Wildman–Crippen LogP) is 3.46. The van der Waals surface area contributed by atoms with E-state index in [2.05, 4.69) is 28.3 Å². The fraction of sp³-hybridized carbons (Fsp3) is 0.231. The van der Waals surface area contributed by atoms with Crippen LogP contribution < -0.4 is 11.3 Å². The third-order valence-corrected chi connectivity index (χ3v) is 3.96. The molecule has 1 aromatic carbocycles. The Kier molecular flexibility index (Phi) is 4.18. The van der Waals surface area contributed by atoms with Crippen molar-refractivity contribution in [3.63, 3.8) is 0 Å². The number of hydrogen-bond acceptors (Lipinski definition) is 3. The van der Waals surface area contributed by atoms with Crippen molar-refractivity contribution in [1.82, 2.24) is 5.43 Å². The fourth-order valence-electron chi connectivity index (χ4n) is 1.80. The lowest BCUT2D eigenvalue weighted by atomic mass is 9.99. The van der Waals surface area contributed by atoms with Crippen molar-refractivity contribution in [2.75, 3.05) is 0 Å². The Bertz CT molecular complexity index is 482. The highest BCUT2D eigenvalue weighted by Crippen LogP contribution is 2.23. The number of halogens is 1. The van der Waals surface area contributed by atoms with Crippen LogP contribution in [0.25, 0.3) is 0 Å². The maximum Gasteiger partial charge on any atom is 0.0500 e. The number of nitrogens with two attached hydrogens (primary N) is 1. The first-order valence-corrected chi connectivity index (χ1v) is 6.76. The molecule has 0 amide bonds. The average Bonchev–Trinajstić information content (AvgIpc) is 2.82. The Morgan fingerprint density at radius 1 is 1.41 bits per heavy atom. The first kappa shape index (κ1) is 12.6. The maximum atomic E-state index is 6.02. The van der Waals surface area contributed by atoms with E-state index in [1.165, 1.54) is 11.1 Å². The molecule has 2 nitrogen and oxygen atoms in total. The van der Waals surface area contributed by atoms with Gasteiger partial charge in [-0.2, -0.15) is 11.3 Å². The lowest BCUT2D eigenvalue weighted by Gasteiger charge is -2.16. The summed E-state index contributed by atoms with van der Waals surface area (Å²) in [5.74, 6) is 5.63. The van der Waals surface area contributed by atoms with Crippen molar-refractivity contribution in [3.05, 3.63) is 56.7 Å². The summed E-state index contributed by atoms with van der Waals surface area (Å²) in [5.41, 5.74) is 6.41. The van der Waals surface area contributed by atoms with Gasteiger partial charge in [0.25, 0.3) is 0 Å².